The molecule has 0 aliphatic carbocycles. The minimum atomic E-state index is -1.65. The van der Waals surface area contributed by atoms with Crippen LogP contribution in [0.1, 0.15) is 69.9 Å². The fourth-order valence-electron chi connectivity index (χ4n) is 7.88. The number of rotatable bonds is 6. The normalized spacial score (nSPS) is 11.1. The van der Waals surface area contributed by atoms with Gasteiger partial charge in [0.05, 0.1) is 23.0 Å². The van der Waals surface area contributed by atoms with Crippen molar-refractivity contribution in [3.63, 3.8) is 0 Å². The molecule has 0 aliphatic heterocycles. The third kappa shape index (κ3) is 9.85. The molecule has 6 aromatic carbocycles. The molecule has 0 spiro atoms. The number of halogens is 2. The van der Waals surface area contributed by atoms with Crippen LogP contribution >= 0.6 is 17.0 Å². The van der Waals surface area contributed by atoms with Crippen molar-refractivity contribution in [2.75, 3.05) is 0 Å². The van der Waals surface area contributed by atoms with Gasteiger partial charge < -0.3 is 8.83 Å². The van der Waals surface area contributed by atoms with E-state index in [1.807, 2.05) is 13.8 Å². The molecule has 58 heavy (non-hydrogen) atoms. The fraction of sp³-hybridized carbons (Fsp3) is 0.269. The van der Waals surface area contributed by atoms with Gasteiger partial charge in [0.15, 0.2) is 0 Å². The third-order valence-electron chi connectivity index (χ3n) is 11.0. The van der Waals surface area contributed by atoms with E-state index in [1.165, 1.54) is 88.3 Å². The van der Waals surface area contributed by atoms with E-state index in [2.05, 4.69) is 166 Å². The molecule has 0 fully saturated rings. The molecule has 0 aliphatic rings. The summed E-state index contributed by atoms with van der Waals surface area (Å²) in [5.41, 5.74) is 17.9. The van der Waals surface area contributed by atoms with E-state index in [4.69, 9.17) is 25.9 Å². The van der Waals surface area contributed by atoms with Gasteiger partial charge in [-0.15, -0.1) is 57.9 Å². The summed E-state index contributed by atoms with van der Waals surface area (Å²) in [6.07, 6.45) is 2.05. The summed E-state index contributed by atoms with van der Waals surface area (Å²) in [5.74, 6) is 3.91. The number of aryl methyl sites for hydroxylation is 10. The molecule has 8 aromatic rings. The van der Waals surface area contributed by atoms with Gasteiger partial charge in [-0.05, 0) is 114 Å². The minimum absolute atomic E-state index is 0.224. The van der Waals surface area contributed by atoms with Gasteiger partial charge in [0.25, 0.3) is 0 Å². The van der Waals surface area contributed by atoms with Gasteiger partial charge in [0.2, 0.25) is 0 Å². The van der Waals surface area contributed by atoms with Gasteiger partial charge in [0, 0.05) is 0 Å². The van der Waals surface area contributed by atoms with Gasteiger partial charge in [-0.1, -0.05) is 107 Å². The molecular formula is C52H56Cl2O2SiZr-2. The average Bonchev–Trinajstić information content (AvgIpc) is 3.95. The van der Waals surface area contributed by atoms with Crippen LogP contribution in [0.4, 0.5) is 0 Å². The predicted molar refractivity (Wildman–Crippen MR) is 251 cm³/mol. The predicted octanol–water partition coefficient (Wildman–Crippen LogP) is 16.7. The summed E-state index contributed by atoms with van der Waals surface area (Å²) in [4.78, 5) is 0. The zero-order chi connectivity index (χ0) is 42.0. The van der Waals surface area contributed by atoms with E-state index in [9.17, 15) is 0 Å². The first kappa shape index (κ1) is 43.9. The van der Waals surface area contributed by atoms with E-state index in [1.54, 1.807) is 0 Å². The summed E-state index contributed by atoms with van der Waals surface area (Å²) in [5, 5.41) is 5.18. The number of fused-ring (bicyclic) bond motifs is 2. The molecule has 8 rings (SSSR count). The zero-order valence-electron chi connectivity index (χ0n) is 36.2. The molecule has 0 N–H and O–H groups in total. The molecule has 0 bridgehead atoms. The fourth-order valence-corrected chi connectivity index (χ4v) is 7.88. The van der Waals surface area contributed by atoms with Crippen LogP contribution in [0.25, 0.3) is 66.4 Å². The molecule has 2 heterocycles. The van der Waals surface area contributed by atoms with Crippen molar-refractivity contribution in [1.29, 1.82) is 0 Å². The van der Waals surface area contributed by atoms with Crippen LogP contribution in [0.5, 0.6) is 0 Å². The number of benzene rings is 4. The standard InChI is InChI=1S/2C25H25O.C2H6Si.2ClH.Zr/c2*1-6-19-7-8-20-13-21(24-12-17(4)18(5)26-24)14-23(20)25(19)22-10-15(2)9-16(3)11-22;1-3-2;;;/h2*7-14H,6H2,1-5H3;1-2H3;2*1H;/q2*-1;;;;+2/p-2. The zero-order valence-corrected chi connectivity index (χ0v) is 41.2. The van der Waals surface area contributed by atoms with Crippen LogP contribution in [0, 0.1) is 55.4 Å². The Balaban J connectivity index is 0.000000172. The maximum atomic E-state index is 5.97. The molecule has 0 atom stereocenters. The number of hydrogen-bond acceptors (Lipinski definition) is 2. The van der Waals surface area contributed by atoms with Gasteiger partial charge in [-0.25, -0.2) is 0 Å². The second-order valence-corrected chi connectivity index (χ2v) is 39.1. The van der Waals surface area contributed by atoms with Crippen molar-refractivity contribution in [2.24, 2.45) is 0 Å². The second-order valence-electron chi connectivity index (χ2n) is 16.1. The SMILES string of the molecule is CCc1ccc2[cH-]c(-c3cc(C)c(C)o3)cc2c1-c1cc(C)cc(C)c1.CCc1ccc2[cH-]c(-c3cc(C)c(C)o3)cc2c1-c1cc(C)cc(C)c1.C[Si](C)=[Zr]([Cl])[Cl]. The Kier molecular flexibility index (Phi) is 14.2. The van der Waals surface area contributed by atoms with Crippen LogP contribution in [0.15, 0.2) is 106 Å². The summed E-state index contributed by atoms with van der Waals surface area (Å²) in [6, 6.07) is 36.1. The number of furan rings is 2. The van der Waals surface area contributed by atoms with E-state index in [0.29, 0.717) is 0 Å². The summed E-state index contributed by atoms with van der Waals surface area (Å²) in [6.45, 7) is 25.7. The molecule has 0 unspecified atom stereocenters. The van der Waals surface area contributed by atoms with E-state index in [0.717, 1.165) is 47.0 Å². The molecule has 2 aromatic heterocycles. The van der Waals surface area contributed by atoms with E-state index in [-0.39, 0.29) is 5.43 Å². The molecule has 0 saturated carbocycles. The van der Waals surface area contributed by atoms with Crippen molar-refractivity contribution in [3.05, 3.63) is 153 Å². The van der Waals surface area contributed by atoms with Crippen LogP contribution in [0.2, 0.25) is 13.1 Å². The Bertz CT molecular complexity index is 2510. The molecule has 2 nitrogen and oxygen atoms in total. The Morgan fingerprint density at radius 1 is 0.517 bits per heavy atom. The maximum absolute atomic E-state index is 5.97. The van der Waals surface area contributed by atoms with E-state index >= 15 is 0 Å². The summed E-state index contributed by atoms with van der Waals surface area (Å²) >= 11 is -1.65. The van der Waals surface area contributed by atoms with Gasteiger partial charge in [0.1, 0.15) is 0 Å². The second kappa shape index (κ2) is 18.7. The van der Waals surface area contributed by atoms with Gasteiger partial charge in [-0.3, -0.25) is 0 Å². The van der Waals surface area contributed by atoms with E-state index < -0.39 is 18.0 Å². The van der Waals surface area contributed by atoms with Crippen molar-refractivity contribution >= 4 is 44.0 Å². The first-order valence-electron chi connectivity index (χ1n) is 20.3. The Labute approximate surface area is 361 Å². The van der Waals surface area contributed by atoms with Crippen molar-refractivity contribution in [2.45, 2.75) is 95.2 Å². The summed E-state index contributed by atoms with van der Waals surface area (Å²) < 4.78 is 11.9. The van der Waals surface area contributed by atoms with Crippen LogP contribution in [-0.2, 0) is 30.8 Å². The Morgan fingerprint density at radius 3 is 1.14 bits per heavy atom. The average molecular weight is 903 g/mol. The molecule has 0 saturated heterocycles. The number of hydrogen-bond donors (Lipinski definition) is 0. The first-order chi connectivity index (χ1) is 27.6. The molecule has 300 valence electrons. The van der Waals surface area contributed by atoms with Crippen molar-refractivity contribution in [1.82, 2.24) is 0 Å². The third-order valence-corrected chi connectivity index (χ3v) is 30.8. The van der Waals surface area contributed by atoms with Gasteiger partial charge >= 0.3 is 53.5 Å². The molecular weight excluding hydrogens is 847 g/mol. The molecule has 6 heteroatoms. The quantitative estimate of drug-likeness (QED) is 0.123. The Hall–Kier alpha value is -3.66. The van der Waals surface area contributed by atoms with Gasteiger partial charge in [-0.2, -0.15) is 0 Å². The Morgan fingerprint density at radius 2 is 0.862 bits per heavy atom. The summed E-state index contributed by atoms with van der Waals surface area (Å²) in [7, 11) is 11.2. The van der Waals surface area contributed by atoms with Crippen LogP contribution < -0.4 is 0 Å². The first-order valence-corrected chi connectivity index (χ1v) is 32.8. The van der Waals surface area contributed by atoms with Crippen molar-refractivity contribution < 1.29 is 26.8 Å². The van der Waals surface area contributed by atoms with Crippen LogP contribution in [-0.4, -0.2) is 5.43 Å². The topological polar surface area (TPSA) is 26.3 Å². The molecule has 0 amide bonds. The van der Waals surface area contributed by atoms with Crippen molar-refractivity contribution in [3.8, 4) is 44.9 Å². The van der Waals surface area contributed by atoms with Crippen LogP contribution in [0.3, 0.4) is 0 Å². The monoisotopic (exact) mass is 900 g/mol. The molecule has 0 radical (unpaired) electrons.